The molecule has 0 fully saturated rings. The van der Waals surface area contributed by atoms with Gasteiger partial charge in [0.15, 0.2) is 0 Å². The van der Waals surface area contributed by atoms with Crippen LogP contribution < -0.4 is 10.1 Å². The second-order valence-electron chi connectivity index (χ2n) is 7.59. The van der Waals surface area contributed by atoms with Crippen molar-refractivity contribution in [3.63, 3.8) is 0 Å². The van der Waals surface area contributed by atoms with Crippen molar-refractivity contribution in [1.82, 2.24) is 4.98 Å². The zero-order valence-corrected chi connectivity index (χ0v) is 18.1. The molecular formula is C25H27FN4O2. The minimum atomic E-state index is -0.498. The van der Waals surface area contributed by atoms with Crippen LogP contribution in [0, 0.1) is 29.5 Å². The lowest BCUT2D eigenvalue weighted by Gasteiger charge is -2.25. The summed E-state index contributed by atoms with van der Waals surface area (Å²) in [5.41, 5.74) is 4.06. The van der Waals surface area contributed by atoms with Crippen molar-refractivity contribution in [2.75, 3.05) is 12.4 Å². The van der Waals surface area contributed by atoms with Gasteiger partial charge in [0.05, 0.1) is 19.8 Å². The summed E-state index contributed by atoms with van der Waals surface area (Å²) in [6, 6.07) is 14.8. The molecule has 7 heteroatoms. The van der Waals surface area contributed by atoms with Gasteiger partial charge in [0.1, 0.15) is 11.6 Å². The number of hydrogen-bond acceptors (Lipinski definition) is 6. The highest BCUT2D eigenvalue weighted by atomic mass is 19.1. The van der Waals surface area contributed by atoms with Gasteiger partial charge in [-0.2, -0.15) is 0 Å². The molecular weight excluding hydrogens is 407 g/mol. The topological polar surface area (TPSA) is 102 Å². The van der Waals surface area contributed by atoms with Crippen LogP contribution in [0.5, 0.6) is 5.75 Å². The second-order valence-corrected chi connectivity index (χ2v) is 7.59. The molecule has 0 radical (unpaired) electrons. The van der Waals surface area contributed by atoms with E-state index in [9.17, 15) is 9.50 Å². The maximum atomic E-state index is 13.3. The summed E-state index contributed by atoms with van der Waals surface area (Å²) in [6.07, 6.45) is 3.44. The lowest BCUT2D eigenvalue weighted by Crippen LogP contribution is -2.23. The normalized spacial score (nSPS) is 12.6. The van der Waals surface area contributed by atoms with Crippen molar-refractivity contribution in [3.8, 4) is 5.75 Å². The van der Waals surface area contributed by atoms with Crippen molar-refractivity contribution < 1.29 is 14.2 Å². The number of halogens is 1. The number of nitrogens with zero attached hydrogens (tertiary/aromatic N) is 1. The molecule has 0 saturated carbocycles. The first-order valence-corrected chi connectivity index (χ1v) is 10.3. The highest BCUT2D eigenvalue weighted by Crippen LogP contribution is 2.30. The Balaban J connectivity index is 1.92. The average Bonchev–Trinajstić information content (AvgIpc) is 2.82. The third-order valence-corrected chi connectivity index (χ3v) is 5.28. The molecule has 166 valence electrons. The van der Waals surface area contributed by atoms with Crippen LogP contribution in [0.3, 0.4) is 0 Å². The van der Waals surface area contributed by atoms with Crippen LogP contribution in [0.1, 0.15) is 34.8 Å². The number of rotatable bonds is 10. The van der Waals surface area contributed by atoms with Crippen LogP contribution in [-0.4, -0.2) is 29.1 Å². The molecule has 0 saturated heterocycles. The molecule has 2 aromatic carbocycles. The summed E-state index contributed by atoms with van der Waals surface area (Å²) >= 11 is 0. The Kier molecular flexibility index (Phi) is 7.68. The van der Waals surface area contributed by atoms with Crippen molar-refractivity contribution in [2.45, 2.75) is 26.0 Å². The number of benzene rings is 2. The third kappa shape index (κ3) is 5.76. The number of aromatic nitrogens is 1. The minimum absolute atomic E-state index is 0.124. The number of aliphatic hydroxyl groups excluding tert-OH is 1. The fourth-order valence-corrected chi connectivity index (χ4v) is 3.48. The fourth-order valence-electron chi connectivity index (χ4n) is 3.48. The molecule has 0 aliphatic rings. The highest BCUT2D eigenvalue weighted by molar-refractivity contribution is 6.07. The van der Waals surface area contributed by atoms with Gasteiger partial charge in [0.2, 0.25) is 0 Å². The predicted molar refractivity (Wildman–Crippen MR) is 124 cm³/mol. The molecule has 0 spiro atoms. The molecule has 4 N–H and O–H groups in total. The Morgan fingerprint density at radius 3 is 2.53 bits per heavy atom. The van der Waals surface area contributed by atoms with Gasteiger partial charge in [-0.15, -0.1) is 0 Å². The van der Waals surface area contributed by atoms with Gasteiger partial charge in [-0.05, 0) is 60.4 Å². The first-order valence-electron chi connectivity index (χ1n) is 10.3. The number of nitrogens with one attached hydrogen (secondary N) is 3. The Labute approximate surface area is 187 Å². The number of pyridine rings is 1. The SMILES string of the molecule is COc1cc(CO)cc(NC(CC(C=N)C(=N)c2ccc(F)cc2)c2ccc(C)nc2)c1. The summed E-state index contributed by atoms with van der Waals surface area (Å²) in [7, 11) is 1.57. The van der Waals surface area contributed by atoms with Crippen LogP contribution >= 0.6 is 0 Å². The van der Waals surface area contributed by atoms with Gasteiger partial charge in [-0.3, -0.25) is 4.98 Å². The minimum Gasteiger partial charge on any atom is -0.497 e. The molecule has 32 heavy (non-hydrogen) atoms. The van der Waals surface area contributed by atoms with E-state index >= 15 is 0 Å². The van der Waals surface area contributed by atoms with E-state index in [1.54, 1.807) is 31.5 Å². The molecule has 0 aliphatic heterocycles. The fraction of sp³-hybridized carbons (Fsp3) is 0.240. The number of anilines is 1. The van der Waals surface area contributed by atoms with E-state index < -0.39 is 5.92 Å². The average molecular weight is 435 g/mol. The first kappa shape index (κ1) is 23.1. The molecule has 0 aliphatic carbocycles. The number of ether oxygens (including phenoxy) is 1. The van der Waals surface area contributed by atoms with E-state index in [1.165, 1.54) is 18.3 Å². The summed E-state index contributed by atoms with van der Waals surface area (Å²) in [4.78, 5) is 4.40. The summed E-state index contributed by atoms with van der Waals surface area (Å²) in [6.45, 7) is 1.79. The lowest BCUT2D eigenvalue weighted by atomic mass is 9.89. The van der Waals surface area contributed by atoms with E-state index in [4.69, 9.17) is 15.6 Å². The number of aryl methyl sites for hydroxylation is 1. The molecule has 0 amide bonds. The summed E-state index contributed by atoms with van der Waals surface area (Å²) < 4.78 is 18.6. The second kappa shape index (κ2) is 10.6. The predicted octanol–water partition coefficient (Wildman–Crippen LogP) is 4.91. The van der Waals surface area contributed by atoms with E-state index in [1.807, 2.05) is 31.2 Å². The molecule has 0 bridgehead atoms. The molecule has 6 nitrogen and oxygen atoms in total. The number of methoxy groups -OCH3 is 1. The highest BCUT2D eigenvalue weighted by Gasteiger charge is 2.22. The number of hydrogen-bond donors (Lipinski definition) is 4. The van der Waals surface area contributed by atoms with E-state index in [2.05, 4.69) is 10.3 Å². The van der Waals surface area contributed by atoms with Gasteiger partial charge >= 0.3 is 0 Å². The molecule has 3 rings (SSSR count). The van der Waals surface area contributed by atoms with E-state index in [-0.39, 0.29) is 24.2 Å². The third-order valence-electron chi connectivity index (χ3n) is 5.28. The zero-order chi connectivity index (χ0) is 23.1. The standard InChI is InChI=1S/C25H27FN4O2/c1-16-3-4-19(14-29-16)24(30-22-9-17(15-31)10-23(12-22)32-2)11-20(13-27)25(28)18-5-7-21(26)8-6-18/h3-10,12-14,20,24,27-28,30-31H,11,15H2,1-2H3. The number of aliphatic hydroxyl groups is 1. The maximum absolute atomic E-state index is 13.3. The summed E-state index contributed by atoms with van der Waals surface area (Å²) in [5, 5.41) is 29.6. The quantitative estimate of drug-likeness (QED) is 0.341. The first-order chi connectivity index (χ1) is 15.4. The molecule has 3 aromatic rings. The Morgan fingerprint density at radius 2 is 1.94 bits per heavy atom. The van der Waals surface area contributed by atoms with Crippen LogP contribution in [0.15, 0.2) is 60.8 Å². The van der Waals surface area contributed by atoms with Gasteiger partial charge in [-0.1, -0.05) is 18.2 Å². The van der Waals surface area contributed by atoms with Crippen LogP contribution in [-0.2, 0) is 6.61 Å². The van der Waals surface area contributed by atoms with Gasteiger partial charge in [-0.25, -0.2) is 4.39 Å². The summed E-state index contributed by atoms with van der Waals surface area (Å²) in [5.74, 6) is -0.249. The maximum Gasteiger partial charge on any atom is 0.123 e. The molecule has 2 unspecified atom stereocenters. The van der Waals surface area contributed by atoms with Crippen LogP contribution in [0.4, 0.5) is 10.1 Å². The largest absolute Gasteiger partial charge is 0.497 e. The van der Waals surface area contributed by atoms with E-state index in [0.717, 1.165) is 16.9 Å². The van der Waals surface area contributed by atoms with Crippen molar-refractivity contribution in [3.05, 3.63) is 89.0 Å². The van der Waals surface area contributed by atoms with Gasteiger partial charge in [0.25, 0.3) is 0 Å². The van der Waals surface area contributed by atoms with Gasteiger partial charge < -0.3 is 26.0 Å². The Morgan fingerprint density at radius 1 is 1.19 bits per heavy atom. The molecule has 1 heterocycles. The Bertz CT molecular complexity index is 1050. The molecule has 2 atom stereocenters. The zero-order valence-electron chi connectivity index (χ0n) is 18.1. The van der Waals surface area contributed by atoms with Crippen LogP contribution in [0.25, 0.3) is 0 Å². The van der Waals surface area contributed by atoms with Gasteiger partial charge in [0, 0.05) is 41.5 Å². The monoisotopic (exact) mass is 434 g/mol. The van der Waals surface area contributed by atoms with Crippen molar-refractivity contribution in [1.29, 1.82) is 10.8 Å². The van der Waals surface area contributed by atoms with Crippen molar-refractivity contribution >= 4 is 17.6 Å². The molecule has 1 aromatic heterocycles. The van der Waals surface area contributed by atoms with E-state index in [0.29, 0.717) is 23.3 Å². The van der Waals surface area contributed by atoms with Crippen molar-refractivity contribution in [2.24, 2.45) is 5.92 Å². The van der Waals surface area contributed by atoms with Crippen LogP contribution in [0.2, 0.25) is 0 Å². The Hall–Kier alpha value is -3.58. The lowest BCUT2D eigenvalue weighted by molar-refractivity contribution is 0.281. The smallest absolute Gasteiger partial charge is 0.123 e.